The van der Waals surface area contributed by atoms with E-state index in [1.54, 1.807) is 17.6 Å². The summed E-state index contributed by atoms with van der Waals surface area (Å²) in [5.41, 5.74) is -0.196. The highest BCUT2D eigenvalue weighted by Gasteiger charge is 2.20. The molecule has 6 heteroatoms. The largest absolute Gasteiger partial charge is 0.505 e. The molecule has 25 heavy (non-hydrogen) atoms. The molecule has 0 bridgehead atoms. The molecule has 3 rings (SSSR count). The van der Waals surface area contributed by atoms with Gasteiger partial charge in [-0.3, -0.25) is 4.79 Å². The van der Waals surface area contributed by atoms with Gasteiger partial charge in [0.05, 0.1) is 0 Å². The summed E-state index contributed by atoms with van der Waals surface area (Å²) in [5.74, 6) is -0.0486. The number of hydrogen-bond donors (Lipinski definition) is 1. The van der Waals surface area contributed by atoms with Gasteiger partial charge in [0, 0.05) is 23.2 Å². The molecule has 130 valence electrons. The highest BCUT2D eigenvalue weighted by Crippen LogP contribution is 2.35. The molecule has 0 fully saturated rings. The van der Waals surface area contributed by atoms with Crippen LogP contribution in [-0.2, 0) is 6.54 Å². The van der Waals surface area contributed by atoms with Gasteiger partial charge in [-0.15, -0.1) is 0 Å². The predicted molar refractivity (Wildman–Crippen MR) is 98.5 cm³/mol. The lowest BCUT2D eigenvalue weighted by atomic mass is 10.2. The average molecular weight is 357 g/mol. The summed E-state index contributed by atoms with van der Waals surface area (Å²) in [7, 11) is 0. The van der Waals surface area contributed by atoms with Crippen molar-refractivity contribution in [2.75, 3.05) is 0 Å². The minimum atomic E-state index is -0.653. The molecule has 1 aromatic carbocycles. The smallest absolute Gasteiger partial charge is 0.354 e. The van der Waals surface area contributed by atoms with Crippen molar-refractivity contribution < 1.29 is 9.52 Å². The fourth-order valence-corrected chi connectivity index (χ4v) is 3.54. The molecule has 5 nitrogen and oxygen atoms in total. The van der Waals surface area contributed by atoms with Crippen LogP contribution in [0.2, 0.25) is 0 Å². The Bertz CT molecular complexity index is 1040. The maximum Gasteiger partial charge on any atom is 0.354 e. The van der Waals surface area contributed by atoms with E-state index >= 15 is 0 Å². The van der Waals surface area contributed by atoms with Crippen LogP contribution in [0.1, 0.15) is 19.5 Å². The van der Waals surface area contributed by atoms with Gasteiger partial charge in [-0.25, -0.2) is 4.79 Å². The van der Waals surface area contributed by atoms with Crippen molar-refractivity contribution in [2.45, 2.75) is 37.1 Å². The van der Waals surface area contributed by atoms with Gasteiger partial charge in [0.15, 0.2) is 5.75 Å². The molecule has 0 radical (unpaired) electrons. The van der Waals surface area contributed by atoms with Gasteiger partial charge in [-0.1, -0.05) is 43.8 Å². The van der Waals surface area contributed by atoms with Crippen LogP contribution in [0.3, 0.4) is 0 Å². The van der Waals surface area contributed by atoms with E-state index in [0.717, 1.165) is 16.7 Å². The molecule has 2 aromatic heterocycles. The van der Waals surface area contributed by atoms with Crippen molar-refractivity contribution in [3.8, 4) is 5.75 Å². The van der Waals surface area contributed by atoms with Crippen LogP contribution in [0.25, 0.3) is 11.0 Å². The van der Waals surface area contributed by atoms with E-state index in [1.807, 2.05) is 44.2 Å². The number of hydrogen-bond acceptors (Lipinski definition) is 5. The topological polar surface area (TPSA) is 72.4 Å². The molecule has 0 amide bonds. The molecule has 1 N–H and O–H groups in total. The van der Waals surface area contributed by atoms with Crippen molar-refractivity contribution in [3.63, 3.8) is 0 Å². The Labute approximate surface area is 148 Å². The monoisotopic (exact) mass is 357 g/mol. The Morgan fingerprint density at radius 3 is 2.52 bits per heavy atom. The van der Waals surface area contributed by atoms with Gasteiger partial charge >= 0.3 is 5.63 Å². The maximum absolute atomic E-state index is 12.9. The Balaban J connectivity index is 2.24. The molecule has 0 spiro atoms. The first-order valence-corrected chi connectivity index (χ1v) is 8.83. The zero-order valence-corrected chi connectivity index (χ0v) is 15.1. The lowest BCUT2D eigenvalue weighted by molar-refractivity contribution is 0.443. The van der Waals surface area contributed by atoms with Crippen LogP contribution in [0, 0.1) is 12.8 Å². The first kappa shape index (κ1) is 17.4. The number of aromatic nitrogens is 1. The normalized spacial score (nSPS) is 11.4. The molecular weight excluding hydrogens is 338 g/mol. The number of aromatic hydroxyl groups is 1. The second-order valence-electron chi connectivity index (χ2n) is 6.32. The van der Waals surface area contributed by atoms with Crippen LogP contribution in [0.4, 0.5) is 0 Å². The van der Waals surface area contributed by atoms with Gasteiger partial charge in [0.1, 0.15) is 15.9 Å². The van der Waals surface area contributed by atoms with Crippen molar-refractivity contribution in [1.29, 1.82) is 0 Å². The first-order valence-electron chi connectivity index (χ1n) is 8.01. The van der Waals surface area contributed by atoms with Crippen molar-refractivity contribution in [1.82, 2.24) is 4.57 Å². The average Bonchev–Trinajstić information content (AvgIpc) is 2.55. The summed E-state index contributed by atoms with van der Waals surface area (Å²) in [4.78, 5) is 25.9. The molecule has 0 aliphatic rings. The molecule has 0 saturated heterocycles. The third-order valence-electron chi connectivity index (χ3n) is 3.82. The maximum atomic E-state index is 12.9. The molecule has 0 unspecified atom stereocenters. The van der Waals surface area contributed by atoms with Crippen molar-refractivity contribution in [2.24, 2.45) is 5.92 Å². The second kappa shape index (κ2) is 6.80. The predicted octanol–water partition coefficient (Wildman–Crippen LogP) is 3.78. The van der Waals surface area contributed by atoms with Crippen molar-refractivity contribution in [3.05, 3.63) is 62.9 Å². The Morgan fingerprint density at radius 2 is 1.88 bits per heavy atom. The lowest BCUT2D eigenvalue weighted by Gasteiger charge is -2.14. The summed E-state index contributed by atoms with van der Waals surface area (Å²) in [5, 5.41) is 10.7. The molecular formula is C19H19NO4S. The molecule has 0 aliphatic heterocycles. The Kier molecular flexibility index (Phi) is 4.72. The summed E-state index contributed by atoms with van der Waals surface area (Å²) in [6.07, 6.45) is 0. The molecule has 0 aliphatic carbocycles. The highest BCUT2D eigenvalue weighted by molar-refractivity contribution is 7.99. The van der Waals surface area contributed by atoms with E-state index < -0.39 is 5.63 Å². The van der Waals surface area contributed by atoms with E-state index in [2.05, 4.69) is 0 Å². The number of aryl methyl sites for hydroxylation is 1. The number of benzene rings is 1. The summed E-state index contributed by atoms with van der Waals surface area (Å²) in [6, 6.07) is 10.8. The quantitative estimate of drug-likeness (QED) is 0.769. The van der Waals surface area contributed by atoms with Crippen molar-refractivity contribution >= 4 is 22.7 Å². The fraction of sp³-hybridized carbons (Fsp3) is 0.263. The first-order chi connectivity index (χ1) is 11.9. The van der Waals surface area contributed by atoms with E-state index in [4.69, 9.17) is 4.42 Å². The van der Waals surface area contributed by atoms with Crippen LogP contribution >= 0.6 is 11.8 Å². The van der Waals surface area contributed by atoms with Gasteiger partial charge in [0.25, 0.3) is 5.56 Å². The van der Waals surface area contributed by atoms with E-state index in [9.17, 15) is 14.7 Å². The molecule has 0 atom stereocenters. The third kappa shape index (κ3) is 3.35. The number of fused-ring (bicyclic) bond motifs is 1. The second-order valence-corrected chi connectivity index (χ2v) is 7.40. The van der Waals surface area contributed by atoms with Gasteiger partial charge in [-0.05, 0) is 25.0 Å². The molecule has 3 aromatic rings. The highest BCUT2D eigenvalue weighted by atomic mass is 32.2. The fourth-order valence-electron chi connectivity index (χ4n) is 2.68. The Hall–Kier alpha value is -2.47. The number of pyridine rings is 1. The van der Waals surface area contributed by atoms with Gasteiger partial charge < -0.3 is 14.1 Å². The van der Waals surface area contributed by atoms with Gasteiger partial charge in [0.2, 0.25) is 0 Å². The van der Waals surface area contributed by atoms with E-state index in [1.165, 1.54) is 0 Å². The minimum Gasteiger partial charge on any atom is -0.505 e. The van der Waals surface area contributed by atoms with Crippen LogP contribution in [0.5, 0.6) is 5.75 Å². The standard InChI is InChI=1S/C19H19NO4S/c1-11(2)10-20-12(3)9-14-15(18(20)22)16(21)17(19(23)24-14)25-13-7-5-4-6-8-13/h4-9,11,21H,10H2,1-3H3. The summed E-state index contributed by atoms with van der Waals surface area (Å²) >= 11 is 1.08. The van der Waals surface area contributed by atoms with E-state index in [-0.39, 0.29) is 33.1 Å². The third-order valence-corrected chi connectivity index (χ3v) is 4.89. The SMILES string of the molecule is Cc1cc2oc(=O)c(Sc3ccccc3)c(O)c2c(=O)n1CC(C)C. The number of nitrogens with zero attached hydrogens (tertiary/aromatic N) is 1. The van der Waals surface area contributed by atoms with Crippen LogP contribution in [0.15, 0.2) is 60.2 Å². The number of rotatable bonds is 4. The van der Waals surface area contributed by atoms with Gasteiger partial charge in [-0.2, -0.15) is 0 Å². The minimum absolute atomic E-state index is 0.0238. The molecule has 2 heterocycles. The van der Waals surface area contributed by atoms with Crippen LogP contribution < -0.4 is 11.2 Å². The summed E-state index contributed by atoms with van der Waals surface area (Å²) < 4.78 is 6.92. The zero-order valence-electron chi connectivity index (χ0n) is 14.3. The summed E-state index contributed by atoms with van der Waals surface area (Å²) in [6.45, 7) is 6.34. The van der Waals surface area contributed by atoms with E-state index in [0.29, 0.717) is 12.2 Å². The Morgan fingerprint density at radius 1 is 1.20 bits per heavy atom. The van der Waals surface area contributed by atoms with Crippen LogP contribution in [-0.4, -0.2) is 9.67 Å². The molecule has 0 saturated carbocycles. The lowest BCUT2D eigenvalue weighted by Crippen LogP contribution is -2.25. The zero-order chi connectivity index (χ0) is 18.1.